The van der Waals surface area contributed by atoms with Crippen LogP contribution in [0.1, 0.15) is 29.3 Å². The van der Waals surface area contributed by atoms with Crippen LogP contribution in [0.15, 0.2) is 34.2 Å². The molecule has 4 rings (SSSR count). The number of carbonyl (C=O) groups excluding carboxylic acids is 1. The van der Waals surface area contributed by atoms with E-state index in [1.807, 2.05) is 0 Å². The average molecular weight is 446 g/mol. The number of amides is 1. The van der Waals surface area contributed by atoms with Gasteiger partial charge in [-0.25, -0.2) is 9.37 Å². The van der Waals surface area contributed by atoms with Gasteiger partial charge in [0.05, 0.1) is 11.1 Å². The summed E-state index contributed by atoms with van der Waals surface area (Å²) in [6, 6.07) is 6.32. The number of thioether (sulfide) groups is 1. The molecule has 30 heavy (non-hydrogen) atoms. The summed E-state index contributed by atoms with van der Waals surface area (Å²) in [6.45, 7) is 2.68. The number of aryl methyl sites for hydroxylation is 2. The summed E-state index contributed by atoms with van der Waals surface area (Å²) < 4.78 is 14.9. The van der Waals surface area contributed by atoms with E-state index in [0.29, 0.717) is 24.0 Å². The normalized spacial score (nSPS) is 15.9. The van der Waals surface area contributed by atoms with Gasteiger partial charge in [-0.3, -0.25) is 14.2 Å². The van der Waals surface area contributed by atoms with E-state index in [9.17, 15) is 14.0 Å². The Morgan fingerprint density at radius 1 is 1.37 bits per heavy atom. The number of rotatable bonds is 6. The Bertz CT molecular complexity index is 1140. The first-order valence-corrected chi connectivity index (χ1v) is 11.9. The van der Waals surface area contributed by atoms with Gasteiger partial charge in [-0.1, -0.05) is 30.8 Å². The third-order valence-electron chi connectivity index (χ3n) is 5.53. The quantitative estimate of drug-likeness (QED) is 0.463. The van der Waals surface area contributed by atoms with Crippen molar-refractivity contribution < 1.29 is 9.18 Å². The second-order valence-corrected chi connectivity index (χ2v) is 9.75. The zero-order valence-corrected chi connectivity index (χ0v) is 18.7. The number of hydrogen-bond acceptors (Lipinski definition) is 5. The molecule has 1 N–H and O–H groups in total. The Morgan fingerprint density at radius 2 is 2.13 bits per heavy atom. The van der Waals surface area contributed by atoms with E-state index in [-0.39, 0.29) is 23.0 Å². The van der Waals surface area contributed by atoms with Crippen LogP contribution < -0.4 is 10.9 Å². The molecule has 1 aromatic carbocycles. The van der Waals surface area contributed by atoms with Crippen LogP contribution in [0.5, 0.6) is 0 Å². The van der Waals surface area contributed by atoms with E-state index >= 15 is 0 Å². The monoisotopic (exact) mass is 445 g/mol. The molecular weight excluding hydrogens is 421 g/mol. The van der Waals surface area contributed by atoms with Crippen molar-refractivity contribution in [2.45, 2.75) is 44.3 Å². The molecule has 0 saturated carbocycles. The molecule has 8 heteroatoms. The minimum absolute atomic E-state index is 0.0337. The molecule has 0 bridgehead atoms. The fourth-order valence-electron chi connectivity index (χ4n) is 3.81. The van der Waals surface area contributed by atoms with E-state index in [1.165, 1.54) is 28.8 Å². The van der Waals surface area contributed by atoms with Gasteiger partial charge in [0, 0.05) is 18.5 Å². The topological polar surface area (TPSA) is 64.0 Å². The minimum atomic E-state index is -0.278. The number of nitrogens with zero attached hydrogens (tertiary/aromatic N) is 2. The fraction of sp³-hybridized carbons (Fsp3) is 0.409. The van der Waals surface area contributed by atoms with E-state index in [0.717, 1.165) is 40.6 Å². The summed E-state index contributed by atoms with van der Waals surface area (Å²) >= 11 is 2.90. The summed E-state index contributed by atoms with van der Waals surface area (Å²) in [7, 11) is 1.59. The van der Waals surface area contributed by atoms with Gasteiger partial charge in [-0.2, -0.15) is 0 Å². The first kappa shape index (κ1) is 21.1. The zero-order valence-electron chi connectivity index (χ0n) is 17.0. The van der Waals surface area contributed by atoms with Crippen molar-refractivity contribution in [2.75, 3.05) is 12.8 Å². The lowest BCUT2D eigenvalue weighted by molar-refractivity contribution is -0.118. The van der Waals surface area contributed by atoms with Gasteiger partial charge in [0.25, 0.3) is 5.56 Å². The van der Waals surface area contributed by atoms with Crippen LogP contribution in [-0.2, 0) is 30.6 Å². The summed E-state index contributed by atoms with van der Waals surface area (Å²) in [5, 5.41) is 3.91. The molecule has 1 aliphatic rings. The molecule has 5 nitrogen and oxygen atoms in total. The Balaban J connectivity index is 1.73. The number of benzene rings is 1. The maximum atomic E-state index is 13.5. The van der Waals surface area contributed by atoms with Crippen LogP contribution in [0.3, 0.4) is 0 Å². The Hall–Kier alpha value is -2.19. The summed E-state index contributed by atoms with van der Waals surface area (Å²) in [6.07, 6.45) is 3.58. The largest absolute Gasteiger partial charge is 0.358 e. The van der Waals surface area contributed by atoms with Crippen LogP contribution >= 0.6 is 23.1 Å². The zero-order chi connectivity index (χ0) is 21.3. The molecule has 1 atom stereocenters. The molecule has 1 unspecified atom stereocenters. The smallest absolute Gasteiger partial charge is 0.263 e. The highest BCUT2D eigenvalue weighted by molar-refractivity contribution is 7.99. The predicted octanol–water partition coefficient (Wildman–Crippen LogP) is 3.80. The van der Waals surface area contributed by atoms with Crippen molar-refractivity contribution in [3.63, 3.8) is 0 Å². The van der Waals surface area contributed by atoms with Gasteiger partial charge in [-0.15, -0.1) is 11.3 Å². The van der Waals surface area contributed by atoms with Crippen LogP contribution in [0.25, 0.3) is 10.2 Å². The number of thiophene rings is 1. The minimum Gasteiger partial charge on any atom is -0.358 e. The first-order chi connectivity index (χ1) is 14.5. The first-order valence-electron chi connectivity index (χ1n) is 10.1. The van der Waals surface area contributed by atoms with Crippen molar-refractivity contribution in [1.29, 1.82) is 0 Å². The van der Waals surface area contributed by atoms with E-state index < -0.39 is 0 Å². The number of halogens is 1. The van der Waals surface area contributed by atoms with E-state index in [1.54, 1.807) is 35.1 Å². The molecule has 1 aliphatic carbocycles. The number of aromatic nitrogens is 2. The van der Waals surface area contributed by atoms with Crippen molar-refractivity contribution in [2.24, 2.45) is 5.92 Å². The average Bonchev–Trinajstić information content (AvgIpc) is 3.10. The highest BCUT2D eigenvalue weighted by atomic mass is 32.2. The molecule has 0 radical (unpaired) electrons. The number of hydrogen-bond donors (Lipinski definition) is 1. The third kappa shape index (κ3) is 4.30. The molecule has 0 saturated heterocycles. The van der Waals surface area contributed by atoms with Crippen LogP contribution in [0, 0.1) is 11.7 Å². The molecule has 2 heterocycles. The van der Waals surface area contributed by atoms with Gasteiger partial charge < -0.3 is 5.32 Å². The van der Waals surface area contributed by atoms with Crippen molar-refractivity contribution in [3.8, 4) is 0 Å². The predicted molar refractivity (Wildman–Crippen MR) is 120 cm³/mol. The molecule has 0 aliphatic heterocycles. The maximum absolute atomic E-state index is 13.5. The van der Waals surface area contributed by atoms with Crippen LogP contribution in [0.4, 0.5) is 4.39 Å². The van der Waals surface area contributed by atoms with Gasteiger partial charge in [0.1, 0.15) is 10.6 Å². The van der Waals surface area contributed by atoms with Crippen molar-refractivity contribution in [3.05, 3.63) is 56.4 Å². The fourth-order valence-corrected chi connectivity index (χ4v) is 6.13. The molecule has 158 valence electrons. The Morgan fingerprint density at radius 3 is 2.87 bits per heavy atom. The van der Waals surface area contributed by atoms with E-state index in [2.05, 4.69) is 12.2 Å². The van der Waals surface area contributed by atoms with Crippen LogP contribution in [-0.4, -0.2) is 28.3 Å². The van der Waals surface area contributed by atoms with Gasteiger partial charge in [0.15, 0.2) is 5.16 Å². The molecule has 3 aromatic rings. The summed E-state index contributed by atoms with van der Waals surface area (Å²) in [5.74, 6) is 0.430. The molecule has 0 spiro atoms. The van der Waals surface area contributed by atoms with Crippen LogP contribution in [0.2, 0.25) is 0 Å². The summed E-state index contributed by atoms with van der Waals surface area (Å²) in [5.41, 5.74) is 2.07. The van der Waals surface area contributed by atoms with Crippen molar-refractivity contribution >= 4 is 39.2 Å². The molecule has 1 amide bonds. The number of nitrogens with one attached hydrogen (secondary N) is 1. The highest BCUT2D eigenvalue weighted by Crippen LogP contribution is 2.36. The maximum Gasteiger partial charge on any atom is 0.263 e. The standard InChI is InChI=1S/C22H24FN3O2S2/c1-13-3-8-16-17(11-13)30-20-19(16)21(28)26(22(25-20)29-12-18(27)24-2)10-9-14-4-6-15(23)7-5-14/h4-7,13H,3,8-12H2,1-2H3,(H,24,27). The summed E-state index contributed by atoms with van der Waals surface area (Å²) in [4.78, 5) is 32.1. The molecular formula is C22H24FN3O2S2. The Kier molecular flexibility index (Phi) is 6.24. The van der Waals surface area contributed by atoms with Gasteiger partial charge in [0.2, 0.25) is 5.91 Å². The lowest BCUT2D eigenvalue weighted by Gasteiger charge is -2.17. The number of carbonyl (C=O) groups is 1. The second kappa shape index (κ2) is 8.89. The lowest BCUT2D eigenvalue weighted by Crippen LogP contribution is -2.26. The van der Waals surface area contributed by atoms with E-state index in [4.69, 9.17) is 4.98 Å². The SMILES string of the molecule is CNC(=O)CSc1nc2sc3c(c2c(=O)n1CCc1ccc(F)cc1)CCC(C)C3. The third-order valence-corrected chi connectivity index (χ3v) is 7.65. The van der Waals surface area contributed by atoms with Gasteiger partial charge >= 0.3 is 0 Å². The molecule has 0 fully saturated rings. The lowest BCUT2D eigenvalue weighted by atomic mass is 9.89. The number of fused-ring (bicyclic) bond motifs is 3. The Labute approximate surface area is 182 Å². The highest BCUT2D eigenvalue weighted by Gasteiger charge is 2.24. The second-order valence-electron chi connectivity index (χ2n) is 7.72. The van der Waals surface area contributed by atoms with Crippen molar-refractivity contribution in [1.82, 2.24) is 14.9 Å². The van der Waals surface area contributed by atoms with Gasteiger partial charge in [-0.05, 0) is 54.9 Å². The molecule has 2 aromatic heterocycles.